The Bertz CT molecular complexity index is 823. The molecule has 0 saturated heterocycles. The summed E-state index contributed by atoms with van der Waals surface area (Å²) >= 11 is 2.77. The molecule has 0 saturated carbocycles. The van der Waals surface area contributed by atoms with Gasteiger partial charge in [0, 0.05) is 0 Å². The van der Waals surface area contributed by atoms with Gasteiger partial charge in [0.1, 0.15) is 6.04 Å². The van der Waals surface area contributed by atoms with Crippen LogP contribution in [-0.2, 0) is 4.79 Å². The number of hydrogen-bond acceptors (Lipinski definition) is 5. The molecule has 0 fully saturated rings. The molecule has 7 heteroatoms. The van der Waals surface area contributed by atoms with Crippen LogP contribution in [-0.4, -0.2) is 22.8 Å². The smallest absolute Gasteiger partial charge is 0.262 e. The summed E-state index contributed by atoms with van der Waals surface area (Å²) in [5.74, 6) is -0.527. The summed E-state index contributed by atoms with van der Waals surface area (Å²) in [5.41, 5.74) is 0.849. The molecular formula is C17H17N3O2S2. The van der Waals surface area contributed by atoms with E-state index in [4.69, 9.17) is 0 Å². The summed E-state index contributed by atoms with van der Waals surface area (Å²) in [6.45, 7) is 3.80. The van der Waals surface area contributed by atoms with Crippen LogP contribution in [0, 0.1) is 5.92 Å². The molecule has 5 nitrogen and oxygen atoms in total. The summed E-state index contributed by atoms with van der Waals surface area (Å²) in [6.07, 6.45) is 0. The van der Waals surface area contributed by atoms with Crippen LogP contribution in [0.25, 0.3) is 10.2 Å². The lowest BCUT2D eigenvalue weighted by Gasteiger charge is -2.20. The summed E-state index contributed by atoms with van der Waals surface area (Å²) < 4.78 is 1.01. The van der Waals surface area contributed by atoms with Crippen molar-refractivity contribution in [1.82, 2.24) is 10.3 Å². The van der Waals surface area contributed by atoms with Crippen LogP contribution >= 0.6 is 22.7 Å². The zero-order chi connectivity index (χ0) is 17.1. The number of anilines is 1. The van der Waals surface area contributed by atoms with E-state index in [1.54, 1.807) is 6.07 Å². The highest BCUT2D eigenvalue weighted by Crippen LogP contribution is 2.25. The third-order valence-corrected chi connectivity index (χ3v) is 5.33. The molecule has 0 spiro atoms. The second kappa shape index (κ2) is 7.11. The molecule has 0 aliphatic heterocycles. The van der Waals surface area contributed by atoms with Gasteiger partial charge in [-0.3, -0.25) is 9.59 Å². The van der Waals surface area contributed by atoms with Gasteiger partial charge in [0.2, 0.25) is 5.91 Å². The summed E-state index contributed by atoms with van der Waals surface area (Å²) in [6, 6.07) is 10.6. The molecule has 2 N–H and O–H groups in total. The van der Waals surface area contributed by atoms with Gasteiger partial charge < -0.3 is 10.6 Å². The molecule has 1 atom stereocenters. The van der Waals surface area contributed by atoms with Crippen molar-refractivity contribution in [1.29, 1.82) is 0 Å². The molecular weight excluding hydrogens is 342 g/mol. The maximum absolute atomic E-state index is 12.6. The maximum atomic E-state index is 12.6. The third kappa shape index (κ3) is 3.63. The van der Waals surface area contributed by atoms with Crippen LogP contribution in [0.2, 0.25) is 0 Å². The highest BCUT2D eigenvalue weighted by molar-refractivity contribution is 7.22. The van der Waals surface area contributed by atoms with E-state index in [0.29, 0.717) is 10.0 Å². The van der Waals surface area contributed by atoms with E-state index in [2.05, 4.69) is 15.6 Å². The molecule has 24 heavy (non-hydrogen) atoms. The molecule has 1 aromatic carbocycles. The Labute approximate surface area is 147 Å². The number of nitrogens with zero attached hydrogens (tertiary/aromatic N) is 1. The minimum absolute atomic E-state index is 0.0386. The molecule has 0 unspecified atom stereocenters. The fraction of sp³-hybridized carbons (Fsp3) is 0.235. The molecule has 0 aliphatic carbocycles. The number of thiophene rings is 1. The van der Waals surface area contributed by atoms with E-state index in [1.165, 1.54) is 22.7 Å². The lowest BCUT2D eigenvalue weighted by atomic mass is 10.0. The van der Waals surface area contributed by atoms with E-state index in [1.807, 2.05) is 49.6 Å². The second-order valence-corrected chi connectivity index (χ2v) is 7.63. The number of amides is 2. The predicted molar refractivity (Wildman–Crippen MR) is 98.7 cm³/mol. The zero-order valence-corrected chi connectivity index (χ0v) is 14.9. The standard InChI is InChI=1S/C17H17N3O2S2/c1-10(2)14(19-15(21)13-8-5-9-23-13)16(22)20-17-18-11-6-3-4-7-12(11)24-17/h3-10,14H,1-2H3,(H,19,21)(H,18,20,22)/t14-/m0/s1. The van der Waals surface area contributed by atoms with E-state index in [-0.39, 0.29) is 17.7 Å². The number of nitrogens with one attached hydrogen (secondary N) is 2. The highest BCUT2D eigenvalue weighted by Gasteiger charge is 2.25. The number of thiazole rings is 1. The van der Waals surface area contributed by atoms with Crippen LogP contribution < -0.4 is 10.6 Å². The monoisotopic (exact) mass is 359 g/mol. The lowest BCUT2D eigenvalue weighted by Crippen LogP contribution is -2.46. The zero-order valence-electron chi connectivity index (χ0n) is 13.3. The van der Waals surface area contributed by atoms with Gasteiger partial charge in [0.05, 0.1) is 15.1 Å². The number of para-hydroxylation sites is 1. The van der Waals surface area contributed by atoms with E-state index in [0.717, 1.165) is 10.2 Å². The molecule has 0 bridgehead atoms. The van der Waals surface area contributed by atoms with Crippen molar-refractivity contribution in [3.63, 3.8) is 0 Å². The number of carbonyl (C=O) groups excluding carboxylic acids is 2. The van der Waals surface area contributed by atoms with Gasteiger partial charge >= 0.3 is 0 Å². The number of carbonyl (C=O) groups is 2. The van der Waals surface area contributed by atoms with Crippen molar-refractivity contribution < 1.29 is 9.59 Å². The largest absolute Gasteiger partial charge is 0.339 e. The van der Waals surface area contributed by atoms with Crippen molar-refractivity contribution in [3.8, 4) is 0 Å². The fourth-order valence-electron chi connectivity index (χ4n) is 2.26. The Morgan fingerprint density at radius 2 is 1.92 bits per heavy atom. The molecule has 124 valence electrons. The van der Waals surface area contributed by atoms with Crippen LogP contribution in [0.5, 0.6) is 0 Å². The summed E-state index contributed by atoms with van der Waals surface area (Å²) in [4.78, 5) is 29.8. The van der Waals surface area contributed by atoms with Crippen molar-refractivity contribution in [2.24, 2.45) is 5.92 Å². The van der Waals surface area contributed by atoms with Crippen molar-refractivity contribution >= 4 is 49.8 Å². The normalized spacial score (nSPS) is 12.3. The number of aromatic nitrogens is 1. The third-order valence-electron chi connectivity index (χ3n) is 3.50. The lowest BCUT2D eigenvalue weighted by molar-refractivity contribution is -0.118. The highest BCUT2D eigenvalue weighted by atomic mass is 32.1. The quantitative estimate of drug-likeness (QED) is 0.729. The topological polar surface area (TPSA) is 71.1 Å². The van der Waals surface area contributed by atoms with Crippen LogP contribution in [0.1, 0.15) is 23.5 Å². The summed E-state index contributed by atoms with van der Waals surface area (Å²) in [5, 5.41) is 8.00. The van der Waals surface area contributed by atoms with Gasteiger partial charge in [0.25, 0.3) is 5.91 Å². The first-order valence-corrected chi connectivity index (χ1v) is 9.25. The van der Waals surface area contributed by atoms with Crippen molar-refractivity contribution in [2.75, 3.05) is 5.32 Å². The van der Waals surface area contributed by atoms with Gasteiger partial charge in [-0.25, -0.2) is 4.98 Å². The van der Waals surface area contributed by atoms with Gasteiger partial charge in [-0.1, -0.05) is 43.4 Å². The summed E-state index contributed by atoms with van der Waals surface area (Å²) in [7, 11) is 0. The fourth-order valence-corrected chi connectivity index (χ4v) is 3.76. The number of rotatable bonds is 5. The van der Waals surface area contributed by atoms with Gasteiger partial charge in [0.15, 0.2) is 5.13 Å². The number of benzene rings is 1. The minimum atomic E-state index is -0.619. The van der Waals surface area contributed by atoms with Crippen LogP contribution in [0.4, 0.5) is 5.13 Å². The Morgan fingerprint density at radius 1 is 1.12 bits per heavy atom. The van der Waals surface area contributed by atoms with E-state index >= 15 is 0 Å². The Morgan fingerprint density at radius 3 is 2.58 bits per heavy atom. The first-order chi connectivity index (χ1) is 11.5. The van der Waals surface area contributed by atoms with E-state index in [9.17, 15) is 9.59 Å². The Balaban J connectivity index is 1.73. The average molecular weight is 359 g/mol. The van der Waals surface area contributed by atoms with Crippen LogP contribution in [0.3, 0.4) is 0 Å². The van der Waals surface area contributed by atoms with Crippen molar-refractivity contribution in [2.45, 2.75) is 19.9 Å². The van der Waals surface area contributed by atoms with Crippen molar-refractivity contribution in [3.05, 3.63) is 46.7 Å². The molecule has 2 heterocycles. The SMILES string of the molecule is CC(C)[C@H](NC(=O)c1cccs1)C(=O)Nc1nc2ccccc2s1. The van der Waals surface area contributed by atoms with Gasteiger partial charge in [-0.05, 0) is 29.5 Å². The minimum Gasteiger partial charge on any atom is -0.339 e. The molecule has 2 aromatic heterocycles. The van der Waals surface area contributed by atoms with E-state index < -0.39 is 6.04 Å². The second-order valence-electron chi connectivity index (χ2n) is 5.65. The first-order valence-electron chi connectivity index (χ1n) is 7.55. The van der Waals surface area contributed by atoms with Crippen LogP contribution in [0.15, 0.2) is 41.8 Å². The van der Waals surface area contributed by atoms with Gasteiger partial charge in [-0.15, -0.1) is 11.3 Å². The molecule has 2 amide bonds. The number of hydrogen-bond donors (Lipinski definition) is 2. The predicted octanol–water partition coefficient (Wildman–Crippen LogP) is 3.75. The molecule has 3 aromatic rings. The molecule has 3 rings (SSSR count). The first kappa shape index (κ1) is 16.6. The number of fused-ring (bicyclic) bond motifs is 1. The molecule has 0 radical (unpaired) electrons. The maximum Gasteiger partial charge on any atom is 0.262 e. The Hall–Kier alpha value is -2.25. The van der Waals surface area contributed by atoms with Gasteiger partial charge in [-0.2, -0.15) is 0 Å². The average Bonchev–Trinajstić information content (AvgIpc) is 3.20. The molecule has 0 aliphatic rings. The Kier molecular flexibility index (Phi) is 4.92.